The van der Waals surface area contributed by atoms with Crippen LogP contribution in [0.15, 0.2) is 0 Å². The van der Waals surface area contributed by atoms with Crippen LogP contribution in [0.25, 0.3) is 0 Å². The van der Waals surface area contributed by atoms with Crippen LogP contribution in [0, 0.1) is 5.92 Å². The summed E-state index contributed by atoms with van der Waals surface area (Å²) in [6, 6.07) is 0.879. The fourth-order valence-electron chi connectivity index (χ4n) is 0.999. The van der Waals surface area contributed by atoms with Crippen LogP contribution in [0.5, 0.6) is 0 Å². The van der Waals surface area contributed by atoms with Crippen molar-refractivity contribution in [3.63, 3.8) is 0 Å². The molecular weight excluding hydrogens is 142 g/mol. The highest BCUT2D eigenvalue weighted by Crippen LogP contribution is 2.18. The molecule has 0 aliphatic heterocycles. The van der Waals surface area contributed by atoms with Crippen molar-refractivity contribution in [2.24, 2.45) is 5.92 Å². The molecule has 1 rings (SSSR count). The highest BCUT2D eigenvalue weighted by atomic mass is 32.2. The summed E-state index contributed by atoms with van der Waals surface area (Å²) in [5, 5.41) is 3.53. The van der Waals surface area contributed by atoms with Crippen LogP contribution >= 0.6 is 11.8 Å². The first-order valence-corrected chi connectivity index (χ1v) is 5.44. The van der Waals surface area contributed by atoms with Crippen LogP contribution in [0.3, 0.4) is 0 Å². The smallest absolute Gasteiger partial charge is 0.00683 e. The molecule has 1 nitrogen and oxygen atoms in total. The number of hydrogen-bond donors (Lipinski definition) is 1. The second-order valence-electron chi connectivity index (χ2n) is 3.24. The summed E-state index contributed by atoms with van der Waals surface area (Å²) < 4.78 is 0. The highest BCUT2D eigenvalue weighted by Gasteiger charge is 2.20. The van der Waals surface area contributed by atoms with Gasteiger partial charge in [-0.05, 0) is 37.3 Å². The van der Waals surface area contributed by atoms with Crippen LogP contribution < -0.4 is 5.32 Å². The third-order valence-corrected chi connectivity index (χ3v) is 2.69. The van der Waals surface area contributed by atoms with Gasteiger partial charge in [-0.3, -0.25) is 0 Å². The first-order valence-electron chi connectivity index (χ1n) is 4.05. The lowest BCUT2D eigenvalue weighted by atomic mass is 10.2. The molecule has 0 heterocycles. The monoisotopic (exact) mass is 159 g/mol. The fraction of sp³-hybridized carbons (Fsp3) is 1.00. The number of nitrogens with one attached hydrogen (secondary N) is 1. The predicted molar refractivity (Wildman–Crippen MR) is 48.6 cm³/mol. The third-order valence-electron chi connectivity index (χ3n) is 1.78. The van der Waals surface area contributed by atoms with E-state index in [2.05, 4.69) is 18.5 Å². The molecule has 0 bridgehead atoms. The van der Waals surface area contributed by atoms with Gasteiger partial charge in [-0.2, -0.15) is 11.8 Å². The molecule has 1 atom stereocenters. The van der Waals surface area contributed by atoms with Gasteiger partial charge < -0.3 is 5.32 Å². The summed E-state index contributed by atoms with van der Waals surface area (Å²) in [6.07, 6.45) is 4.99. The van der Waals surface area contributed by atoms with E-state index in [1.807, 2.05) is 11.8 Å². The van der Waals surface area contributed by atoms with Gasteiger partial charge in [0.25, 0.3) is 0 Å². The minimum Gasteiger partial charge on any atom is -0.314 e. The molecule has 0 saturated heterocycles. The molecule has 0 aromatic carbocycles. The third kappa shape index (κ3) is 3.47. The van der Waals surface area contributed by atoms with Gasteiger partial charge in [0.2, 0.25) is 0 Å². The highest BCUT2D eigenvalue weighted by molar-refractivity contribution is 7.98. The van der Waals surface area contributed by atoms with Crippen LogP contribution in [0.2, 0.25) is 0 Å². The average molecular weight is 159 g/mol. The van der Waals surface area contributed by atoms with E-state index in [4.69, 9.17) is 0 Å². The normalized spacial score (nSPS) is 21.0. The Morgan fingerprint density at radius 1 is 1.60 bits per heavy atom. The van der Waals surface area contributed by atoms with Gasteiger partial charge in [0, 0.05) is 6.04 Å². The van der Waals surface area contributed by atoms with Gasteiger partial charge >= 0.3 is 0 Å². The topological polar surface area (TPSA) is 12.0 Å². The number of hydrogen-bond acceptors (Lipinski definition) is 2. The largest absolute Gasteiger partial charge is 0.314 e. The summed E-state index contributed by atoms with van der Waals surface area (Å²) in [4.78, 5) is 0. The zero-order chi connectivity index (χ0) is 7.40. The molecule has 60 valence electrons. The van der Waals surface area contributed by atoms with Gasteiger partial charge in [-0.25, -0.2) is 0 Å². The predicted octanol–water partition coefficient (Wildman–Crippen LogP) is 1.74. The summed E-state index contributed by atoms with van der Waals surface area (Å²) in [7, 11) is 0. The summed E-state index contributed by atoms with van der Waals surface area (Å²) in [6.45, 7) is 3.53. The van der Waals surface area contributed by atoms with Crippen molar-refractivity contribution in [3.8, 4) is 0 Å². The molecular formula is C8H17NS. The van der Waals surface area contributed by atoms with Gasteiger partial charge in [-0.1, -0.05) is 6.92 Å². The molecule has 1 saturated carbocycles. The fourth-order valence-corrected chi connectivity index (χ4v) is 1.69. The Morgan fingerprint density at radius 3 is 2.80 bits per heavy atom. The Hall–Kier alpha value is 0.310. The Morgan fingerprint density at radius 2 is 2.30 bits per heavy atom. The van der Waals surface area contributed by atoms with E-state index in [-0.39, 0.29) is 0 Å². The Kier molecular flexibility index (Phi) is 3.57. The molecule has 1 fully saturated rings. The molecule has 0 amide bonds. The van der Waals surface area contributed by atoms with Gasteiger partial charge in [0.05, 0.1) is 0 Å². The quantitative estimate of drug-likeness (QED) is 0.656. The summed E-state index contributed by atoms with van der Waals surface area (Å²) in [5.74, 6) is 2.13. The van der Waals surface area contributed by atoms with Crippen molar-refractivity contribution < 1.29 is 0 Å². The lowest BCUT2D eigenvalue weighted by Gasteiger charge is -2.09. The maximum Gasteiger partial charge on any atom is 0.00683 e. The first-order chi connectivity index (χ1) is 4.83. The maximum absolute atomic E-state index is 3.53. The lowest BCUT2D eigenvalue weighted by Crippen LogP contribution is -2.24. The zero-order valence-electron chi connectivity index (χ0n) is 6.89. The lowest BCUT2D eigenvalue weighted by molar-refractivity contribution is 0.557. The molecule has 0 aromatic heterocycles. The molecule has 1 aliphatic carbocycles. The van der Waals surface area contributed by atoms with Gasteiger partial charge in [0.1, 0.15) is 0 Å². The van der Waals surface area contributed by atoms with Crippen molar-refractivity contribution in [2.45, 2.75) is 25.8 Å². The van der Waals surface area contributed by atoms with E-state index in [0.29, 0.717) is 0 Å². The number of rotatable bonds is 5. The Balaban J connectivity index is 1.89. The second kappa shape index (κ2) is 4.24. The van der Waals surface area contributed by atoms with Gasteiger partial charge in [-0.15, -0.1) is 0 Å². The summed E-state index contributed by atoms with van der Waals surface area (Å²) in [5.41, 5.74) is 0. The van der Waals surface area contributed by atoms with Crippen LogP contribution in [0.4, 0.5) is 0 Å². The number of thioether (sulfide) groups is 1. The van der Waals surface area contributed by atoms with E-state index >= 15 is 0 Å². The van der Waals surface area contributed by atoms with E-state index in [1.165, 1.54) is 25.1 Å². The van der Waals surface area contributed by atoms with Crippen molar-refractivity contribution in [1.82, 2.24) is 5.32 Å². The first kappa shape index (κ1) is 8.41. The molecule has 0 aromatic rings. The zero-order valence-corrected chi connectivity index (χ0v) is 7.71. The molecule has 2 heteroatoms. The van der Waals surface area contributed by atoms with Crippen LogP contribution in [0.1, 0.15) is 19.8 Å². The maximum atomic E-state index is 3.53. The SMILES string of the molecule is CSCC(C)CNC1CC1. The van der Waals surface area contributed by atoms with E-state index < -0.39 is 0 Å². The Labute approximate surface area is 68.0 Å². The molecule has 1 N–H and O–H groups in total. The molecule has 10 heavy (non-hydrogen) atoms. The van der Waals surface area contributed by atoms with Gasteiger partial charge in [0.15, 0.2) is 0 Å². The van der Waals surface area contributed by atoms with E-state index in [9.17, 15) is 0 Å². The molecule has 0 spiro atoms. The average Bonchev–Trinajstić information content (AvgIpc) is 2.67. The van der Waals surface area contributed by atoms with Crippen molar-refractivity contribution in [1.29, 1.82) is 0 Å². The van der Waals surface area contributed by atoms with Crippen molar-refractivity contribution in [3.05, 3.63) is 0 Å². The molecule has 1 aliphatic rings. The standard InChI is InChI=1S/C8H17NS/c1-7(6-10-2)5-9-8-3-4-8/h7-9H,3-6H2,1-2H3. The minimum absolute atomic E-state index is 0.843. The summed E-state index contributed by atoms with van der Waals surface area (Å²) >= 11 is 1.94. The minimum atomic E-state index is 0.843. The van der Waals surface area contributed by atoms with Crippen LogP contribution in [-0.4, -0.2) is 24.6 Å². The van der Waals surface area contributed by atoms with E-state index in [1.54, 1.807) is 0 Å². The van der Waals surface area contributed by atoms with Crippen molar-refractivity contribution in [2.75, 3.05) is 18.6 Å². The Bertz CT molecular complexity index is 91.3. The van der Waals surface area contributed by atoms with Crippen LogP contribution in [-0.2, 0) is 0 Å². The second-order valence-corrected chi connectivity index (χ2v) is 4.15. The van der Waals surface area contributed by atoms with Crippen molar-refractivity contribution >= 4 is 11.8 Å². The molecule has 0 radical (unpaired) electrons. The molecule has 1 unspecified atom stereocenters. The van der Waals surface area contributed by atoms with E-state index in [0.717, 1.165) is 12.0 Å².